The summed E-state index contributed by atoms with van der Waals surface area (Å²) in [5.41, 5.74) is 4.90. The van der Waals surface area contributed by atoms with Crippen molar-refractivity contribution in [3.8, 4) is 0 Å². The zero-order chi connectivity index (χ0) is 13.3. The third kappa shape index (κ3) is 8.65. The van der Waals surface area contributed by atoms with E-state index >= 15 is 0 Å². The highest BCUT2D eigenvalue weighted by Gasteiger charge is 2.13. The molecule has 17 heavy (non-hydrogen) atoms. The smallest absolute Gasteiger partial charge is 0.243 e. The molecule has 0 saturated carbocycles. The summed E-state index contributed by atoms with van der Waals surface area (Å²) in [6, 6.07) is -0.0981. The average molecular weight is 245 g/mol. The van der Waals surface area contributed by atoms with Crippen LogP contribution < -0.4 is 16.4 Å². The van der Waals surface area contributed by atoms with E-state index in [1.807, 2.05) is 13.8 Å². The monoisotopic (exact) mass is 245 g/mol. The number of ether oxygens (including phenoxy) is 1. The van der Waals surface area contributed by atoms with Crippen molar-refractivity contribution in [2.75, 3.05) is 19.8 Å². The van der Waals surface area contributed by atoms with Crippen LogP contribution in [0.15, 0.2) is 0 Å². The first-order chi connectivity index (χ1) is 7.97. The molecule has 2 amide bonds. The molecule has 0 aromatic rings. The van der Waals surface area contributed by atoms with Gasteiger partial charge in [-0.3, -0.25) is 9.59 Å². The van der Waals surface area contributed by atoms with Crippen molar-refractivity contribution in [2.24, 2.45) is 5.73 Å². The summed E-state index contributed by atoms with van der Waals surface area (Å²) >= 11 is 0. The Kier molecular flexibility index (Phi) is 8.35. The van der Waals surface area contributed by atoms with Crippen LogP contribution in [0.2, 0.25) is 0 Å². The summed E-state index contributed by atoms with van der Waals surface area (Å²) in [5.74, 6) is -0.526. The van der Waals surface area contributed by atoms with Crippen molar-refractivity contribution in [3.05, 3.63) is 0 Å². The maximum absolute atomic E-state index is 11.6. The normalized spacial score (nSPS) is 14.1. The molecule has 4 N–H and O–H groups in total. The predicted molar refractivity (Wildman–Crippen MR) is 65.4 cm³/mol. The van der Waals surface area contributed by atoms with Crippen LogP contribution >= 0.6 is 0 Å². The highest BCUT2D eigenvalue weighted by Crippen LogP contribution is 1.90. The first kappa shape index (κ1) is 15.9. The summed E-state index contributed by atoms with van der Waals surface area (Å²) in [7, 11) is 0. The van der Waals surface area contributed by atoms with E-state index in [1.54, 1.807) is 6.92 Å². The summed E-state index contributed by atoms with van der Waals surface area (Å²) in [6.45, 7) is 6.52. The molecule has 0 saturated heterocycles. The average Bonchev–Trinajstić information content (AvgIpc) is 2.27. The second-order valence-corrected chi connectivity index (χ2v) is 4.01. The Labute approximate surface area is 102 Å². The van der Waals surface area contributed by atoms with Gasteiger partial charge in [-0.25, -0.2) is 0 Å². The van der Waals surface area contributed by atoms with Crippen LogP contribution in [0, 0.1) is 0 Å². The van der Waals surface area contributed by atoms with E-state index in [1.165, 1.54) is 0 Å². The Morgan fingerprint density at radius 2 is 2.00 bits per heavy atom. The van der Waals surface area contributed by atoms with Gasteiger partial charge in [-0.2, -0.15) is 0 Å². The Morgan fingerprint density at radius 1 is 1.35 bits per heavy atom. The molecule has 2 unspecified atom stereocenters. The zero-order valence-electron chi connectivity index (χ0n) is 10.8. The first-order valence-corrected chi connectivity index (χ1v) is 5.87. The van der Waals surface area contributed by atoms with Gasteiger partial charge in [0.1, 0.15) is 6.61 Å². The highest BCUT2D eigenvalue weighted by molar-refractivity contribution is 5.81. The Morgan fingerprint density at radius 3 is 2.53 bits per heavy atom. The second kappa shape index (κ2) is 8.95. The lowest BCUT2D eigenvalue weighted by atomic mass is 10.2. The van der Waals surface area contributed by atoms with E-state index in [2.05, 4.69) is 10.6 Å². The Hall–Kier alpha value is -1.14. The van der Waals surface area contributed by atoms with Crippen molar-refractivity contribution in [1.29, 1.82) is 0 Å². The molecule has 0 rings (SSSR count). The van der Waals surface area contributed by atoms with Crippen molar-refractivity contribution in [3.63, 3.8) is 0 Å². The lowest BCUT2D eigenvalue weighted by Gasteiger charge is -2.17. The molecule has 2 atom stereocenters. The third-order valence-electron chi connectivity index (χ3n) is 2.34. The molecule has 0 heterocycles. The maximum Gasteiger partial charge on any atom is 0.243 e. The van der Waals surface area contributed by atoms with Crippen molar-refractivity contribution >= 4 is 11.8 Å². The number of amides is 2. The number of nitrogens with one attached hydrogen (secondary N) is 2. The number of rotatable bonds is 9. The molecule has 6 nitrogen and oxygen atoms in total. The van der Waals surface area contributed by atoms with Crippen LogP contribution in [0.3, 0.4) is 0 Å². The van der Waals surface area contributed by atoms with Gasteiger partial charge in [-0.15, -0.1) is 0 Å². The SMILES string of the molecule is CCC(C)NC(=O)C(C)NCCOCC(N)=O. The zero-order valence-corrected chi connectivity index (χ0v) is 10.8. The van der Waals surface area contributed by atoms with Gasteiger partial charge in [0.25, 0.3) is 0 Å². The summed E-state index contributed by atoms with van der Waals surface area (Å²) in [6.07, 6.45) is 0.903. The molecular formula is C11H23N3O3. The molecular weight excluding hydrogens is 222 g/mol. The van der Waals surface area contributed by atoms with E-state index < -0.39 is 5.91 Å². The largest absolute Gasteiger partial charge is 0.370 e. The van der Waals surface area contributed by atoms with Gasteiger partial charge in [-0.05, 0) is 20.3 Å². The molecule has 0 aromatic heterocycles. The Balaban J connectivity index is 3.60. The molecule has 0 fully saturated rings. The minimum absolute atomic E-state index is 0.0331. The van der Waals surface area contributed by atoms with E-state index in [-0.39, 0.29) is 24.6 Å². The topological polar surface area (TPSA) is 93.4 Å². The maximum atomic E-state index is 11.6. The highest BCUT2D eigenvalue weighted by atomic mass is 16.5. The van der Waals surface area contributed by atoms with E-state index in [0.29, 0.717) is 13.2 Å². The predicted octanol–water partition coefficient (Wildman–Crippen LogP) is -0.619. The van der Waals surface area contributed by atoms with Crippen LogP contribution in [0.5, 0.6) is 0 Å². The second-order valence-electron chi connectivity index (χ2n) is 4.01. The molecule has 0 aliphatic rings. The van der Waals surface area contributed by atoms with Crippen LogP contribution in [-0.2, 0) is 14.3 Å². The third-order valence-corrected chi connectivity index (χ3v) is 2.34. The molecule has 0 aliphatic heterocycles. The molecule has 0 spiro atoms. The molecule has 0 aromatic carbocycles. The van der Waals surface area contributed by atoms with Gasteiger partial charge in [0.15, 0.2) is 0 Å². The number of carbonyl (C=O) groups excluding carboxylic acids is 2. The minimum atomic E-state index is -0.493. The molecule has 0 radical (unpaired) electrons. The number of hydrogen-bond acceptors (Lipinski definition) is 4. The first-order valence-electron chi connectivity index (χ1n) is 5.87. The lowest BCUT2D eigenvalue weighted by molar-refractivity contribution is -0.124. The number of carbonyl (C=O) groups is 2. The number of primary amides is 1. The van der Waals surface area contributed by atoms with Crippen LogP contribution in [0.25, 0.3) is 0 Å². The van der Waals surface area contributed by atoms with Gasteiger partial charge >= 0.3 is 0 Å². The van der Waals surface area contributed by atoms with Crippen molar-refractivity contribution in [2.45, 2.75) is 39.3 Å². The molecule has 6 heteroatoms. The molecule has 0 aliphatic carbocycles. The van der Waals surface area contributed by atoms with Crippen molar-refractivity contribution < 1.29 is 14.3 Å². The van der Waals surface area contributed by atoms with Crippen molar-refractivity contribution in [1.82, 2.24) is 10.6 Å². The summed E-state index contributed by atoms with van der Waals surface area (Å²) < 4.78 is 4.96. The summed E-state index contributed by atoms with van der Waals surface area (Å²) in [5, 5.41) is 5.87. The van der Waals surface area contributed by atoms with Crippen LogP contribution in [0.4, 0.5) is 0 Å². The van der Waals surface area contributed by atoms with Gasteiger partial charge in [-0.1, -0.05) is 6.92 Å². The number of nitrogens with two attached hydrogens (primary N) is 1. The molecule has 0 bridgehead atoms. The van der Waals surface area contributed by atoms with Gasteiger partial charge in [0, 0.05) is 12.6 Å². The fraction of sp³-hybridized carbons (Fsp3) is 0.818. The van der Waals surface area contributed by atoms with E-state index in [9.17, 15) is 9.59 Å². The number of hydrogen-bond donors (Lipinski definition) is 3. The van der Waals surface area contributed by atoms with E-state index in [0.717, 1.165) is 6.42 Å². The van der Waals surface area contributed by atoms with E-state index in [4.69, 9.17) is 10.5 Å². The fourth-order valence-corrected chi connectivity index (χ4v) is 1.08. The lowest BCUT2D eigenvalue weighted by Crippen LogP contribution is -2.46. The fourth-order valence-electron chi connectivity index (χ4n) is 1.08. The summed E-state index contributed by atoms with van der Waals surface area (Å²) in [4.78, 5) is 22.0. The van der Waals surface area contributed by atoms with Crippen LogP contribution in [0.1, 0.15) is 27.2 Å². The standard InChI is InChI=1S/C11H23N3O3/c1-4-8(2)14-11(16)9(3)13-5-6-17-7-10(12)15/h8-9,13H,4-7H2,1-3H3,(H2,12,15)(H,14,16). The van der Waals surface area contributed by atoms with Gasteiger partial charge < -0.3 is 21.1 Å². The van der Waals surface area contributed by atoms with Crippen LogP contribution in [-0.4, -0.2) is 43.7 Å². The van der Waals surface area contributed by atoms with Gasteiger partial charge in [0.05, 0.1) is 12.6 Å². The molecule has 100 valence electrons. The minimum Gasteiger partial charge on any atom is -0.370 e. The quantitative estimate of drug-likeness (QED) is 0.472. The van der Waals surface area contributed by atoms with Gasteiger partial charge in [0.2, 0.25) is 11.8 Å². The Bertz CT molecular complexity index is 246.